The molecule has 0 spiro atoms. The van der Waals surface area contributed by atoms with Crippen molar-refractivity contribution in [2.75, 3.05) is 19.6 Å². The molecule has 0 aliphatic rings. The Morgan fingerprint density at radius 1 is 1.40 bits per heavy atom. The molecule has 90 valence electrons. The zero-order valence-electron chi connectivity index (χ0n) is 9.83. The molecule has 0 aromatic rings. The van der Waals surface area contributed by atoms with Crippen molar-refractivity contribution < 1.29 is 5.11 Å². The number of nitrogens with zero attached hydrogens (tertiary/aromatic N) is 1. The van der Waals surface area contributed by atoms with Gasteiger partial charge in [0.2, 0.25) is 0 Å². The lowest BCUT2D eigenvalue weighted by Crippen LogP contribution is -2.38. The molecule has 0 aliphatic heterocycles. The minimum absolute atomic E-state index is 0.146. The summed E-state index contributed by atoms with van der Waals surface area (Å²) in [6.45, 7) is 9.34. The second kappa shape index (κ2) is 6.01. The summed E-state index contributed by atoms with van der Waals surface area (Å²) in [5, 5.41) is 14.5. The van der Waals surface area contributed by atoms with Crippen LogP contribution < -0.4 is 10.4 Å². The molecule has 0 heterocycles. The highest BCUT2D eigenvalue weighted by Gasteiger charge is 2.10. The van der Waals surface area contributed by atoms with Crippen LogP contribution in [-0.4, -0.2) is 35.0 Å². The molecule has 0 atom stereocenters. The number of aliphatic imine (C=N–C) groups is 1. The Morgan fingerprint density at radius 2 is 1.93 bits per heavy atom. The molecule has 0 saturated carbocycles. The van der Waals surface area contributed by atoms with E-state index in [1.807, 2.05) is 13.8 Å². The van der Waals surface area contributed by atoms with E-state index in [4.69, 9.17) is 12.6 Å². The number of hydrogen-bond acceptors (Lipinski definition) is 5. The monoisotopic (exact) mass is 248 g/mol. The third-order valence-corrected chi connectivity index (χ3v) is 1.95. The van der Waals surface area contributed by atoms with E-state index >= 15 is 0 Å². The minimum Gasteiger partial charge on any atom is -0.861 e. The fourth-order valence-corrected chi connectivity index (χ4v) is 0.992. The van der Waals surface area contributed by atoms with Crippen LogP contribution in [0.25, 0.3) is 0 Å². The van der Waals surface area contributed by atoms with Gasteiger partial charge in [-0.2, -0.15) is 12.6 Å². The Bertz CT molecular complexity index is 216. The molecule has 0 radical (unpaired) electrons. The van der Waals surface area contributed by atoms with Crippen LogP contribution >= 0.6 is 12.6 Å². The maximum absolute atomic E-state index is 11.3. The van der Waals surface area contributed by atoms with Crippen molar-refractivity contribution in [3.8, 4) is 0 Å². The Hall–Kier alpha value is 0.130. The zero-order valence-corrected chi connectivity index (χ0v) is 11.5. The molecule has 0 unspecified atom stereocenters. The van der Waals surface area contributed by atoms with Gasteiger partial charge in [0.15, 0.2) is 0 Å². The smallest absolute Gasteiger partial charge is 0.0503 e. The molecule has 0 amide bonds. The number of thiol groups is 1. The molecule has 0 aromatic carbocycles. The summed E-state index contributed by atoms with van der Waals surface area (Å²) >= 11 is 9.31. The fraction of sp³-hybridized carbons (Fsp3) is 0.900. The molecular weight excluding hydrogens is 228 g/mol. The summed E-state index contributed by atoms with van der Waals surface area (Å²) in [7, 11) is 0. The zero-order chi connectivity index (χ0) is 12.1. The van der Waals surface area contributed by atoms with Crippen molar-refractivity contribution in [3.63, 3.8) is 0 Å². The maximum atomic E-state index is 11.3. The van der Waals surface area contributed by atoms with Gasteiger partial charge in [0, 0.05) is 11.3 Å². The fourth-order valence-electron chi connectivity index (χ4n) is 0.819. The summed E-state index contributed by atoms with van der Waals surface area (Å²) in [6, 6.07) is 0. The van der Waals surface area contributed by atoms with Gasteiger partial charge < -0.3 is 28.0 Å². The summed E-state index contributed by atoms with van der Waals surface area (Å²) in [5.41, 5.74) is 0. The van der Waals surface area contributed by atoms with Crippen molar-refractivity contribution in [3.05, 3.63) is 0 Å². The summed E-state index contributed by atoms with van der Waals surface area (Å²) in [5.74, 6) is -0.176. The molecule has 0 fully saturated rings. The number of hydrogen-bond donors (Lipinski definition) is 2. The molecule has 0 aromatic heterocycles. The van der Waals surface area contributed by atoms with Crippen LogP contribution in [0, 0.1) is 0 Å². The Morgan fingerprint density at radius 3 is 2.33 bits per heavy atom. The highest BCUT2D eigenvalue weighted by Crippen LogP contribution is 2.10. The van der Waals surface area contributed by atoms with Gasteiger partial charge in [-0.05, 0) is 26.3 Å². The molecule has 1 N–H and O–H groups in total. The van der Waals surface area contributed by atoms with Gasteiger partial charge in [-0.3, -0.25) is 0 Å². The van der Waals surface area contributed by atoms with E-state index in [0.29, 0.717) is 13.1 Å². The normalized spacial score (nSPS) is 14.4. The second-order valence-electron chi connectivity index (χ2n) is 4.68. The van der Waals surface area contributed by atoms with Gasteiger partial charge in [-0.15, -0.1) is 4.75 Å². The summed E-state index contributed by atoms with van der Waals surface area (Å²) in [6.07, 6.45) is 0. The van der Waals surface area contributed by atoms with Crippen LogP contribution in [0.4, 0.5) is 0 Å². The lowest BCUT2D eigenvalue weighted by atomic mass is 10.2. The first-order valence-corrected chi connectivity index (χ1v) is 5.84. The molecule has 5 heteroatoms. The van der Waals surface area contributed by atoms with E-state index in [9.17, 15) is 5.11 Å². The largest absolute Gasteiger partial charge is 0.861 e. The van der Waals surface area contributed by atoms with Crippen molar-refractivity contribution in [2.24, 2.45) is 4.99 Å². The molecule has 3 nitrogen and oxygen atoms in total. The van der Waals surface area contributed by atoms with E-state index < -0.39 is 4.75 Å². The summed E-state index contributed by atoms with van der Waals surface area (Å²) in [4.78, 5) is 3.90. The van der Waals surface area contributed by atoms with Crippen LogP contribution in [0.2, 0.25) is 0 Å². The quantitative estimate of drug-likeness (QED) is 0.235. The van der Waals surface area contributed by atoms with Gasteiger partial charge in [0.1, 0.15) is 0 Å². The van der Waals surface area contributed by atoms with Gasteiger partial charge in [-0.25, -0.2) is 0 Å². The summed E-state index contributed by atoms with van der Waals surface area (Å²) < 4.78 is -0.815. The molecule has 0 rings (SSSR count). The first-order valence-electron chi connectivity index (χ1n) is 4.98. The maximum Gasteiger partial charge on any atom is 0.0503 e. The van der Waals surface area contributed by atoms with Crippen LogP contribution in [0.3, 0.4) is 0 Å². The minimum atomic E-state index is -0.669. The predicted molar refractivity (Wildman–Crippen MR) is 69.7 cm³/mol. The van der Waals surface area contributed by atoms with Crippen LogP contribution in [0.5, 0.6) is 0 Å². The molecular formula is C10H20N2OS2-2. The van der Waals surface area contributed by atoms with Crippen LogP contribution in [0.15, 0.2) is 4.99 Å². The van der Waals surface area contributed by atoms with E-state index in [0.717, 1.165) is 6.54 Å². The third-order valence-electron chi connectivity index (χ3n) is 1.62. The Labute approximate surface area is 104 Å². The lowest BCUT2D eigenvalue weighted by molar-refractivity contribution is -0.221. The Kier molecular flexibility index (Phi) is 6.06. The highest BCUT2D eigenvalue weighted by atomic mass is 32.1. The van der Waals surface area contributed by atoms with E-state index in [-0.39, 0.29) is 10.6 Å². The Balaban J connectivity index is 3.72. The standard InChI is InChI=1S/C10H22N2OS2/c1-9(2,14)7-11-5-6-12-8(13)10(3,4)15/h11,14-15H,5-7H2,1-4H3,(H,12,13)/p-2. The topological polar surface area (TPSA) is 47.5 Å². The van der Waals surface area contributed by atoms with Gasteiger partial charge in [0.05, 0.1) is 6.54 Å². The third kappa shape index (κ3) is 9.08. The molecule has 15 heavy (non-hydrogen) atoms. The van der Waals surface area contributed by atoms with Crippen molar-refractivity contribution in [2.45, 2.75) is 37.2 Å². The highest BCUT2D eigenvalue weighted by molar-refractivity contribution is 7.82. The molecule has 0 saturated heterocycles. The number of rotatable bonds is 6. The first kappa shape index (κ1) is 15.1. The van der Waals surface area contributed by atoms with Crippen molar-refractivity contribution in [1.29, 1.82) is 0 Å². The van der Waals surface area contributed by atoms with Gasteiger partial charge >= 0.3 is 0 Å². The van der Waals surface area contributed by atoms with Gasteiger partial charge in [0.25, 0.3) is 0 Å². The van der Waals surface area contributed by atoms with Crippen molar-refractivity contribution >= 4 is 31.2 Å². The van der Waals surface area contributed by atoms with Crippen LogP contribution in [0.1, 0.15) is 27.7 Å². The number of nitrogens with one attached hydrogen (secondary N) is 1. The lowest BCUT2D eigenvalue weighted by Gasteiger charge is -2.32. The van der Waals surface area contributed by atoms with Crippen LogP contribution in [-0.2, 0) is 12.6 Å². The van der Waals surface area contributed by atoms with E-state index in [2.05, 4.69) is 22.9 Å². The van der Waals surface area contributed by atoms with Crippen molar-refractivity contribution in [1.82, 2.24) is 5.32 Å². The average molecular weight is 248 g/mol. The first-order chi connectivity index (χ1) is 6.63. The average Bonchev–Trinajstić information content (AvgIpc) is 1.99. The SMILES string of the molecule is CC(C)([S-])CNCCN=C([O-])C(C)(C)S. The molecule has 0 bridgehead atoms. The second-order valence-corrected chi connectivity index (χ2v) is 6.91. The van der Waals surface area contributed by atoms with Gasteiger partial charge in [-0.1, -0.05) is 13.8 Å². The van der Waals surface area contributed by atoms with E-state index in [1.54, 1.807) is 13.8 Å². The predicted octanol–water partition coefficient (Wildman–Crippen LogP) is 0.369. The molecule has 0 aliphatic carbocycles. The van der Waals surface area contributed by atoms with E-state index in [1.165, 1.54) is 0 Å².